The van der Waals surface area contributed by atoms with Crippen molar-refractivity contribution in [1.29, 1.82) is 0 Å². The number of hydrogen-bond acceptors (Lipinski definition) is 2. The van der Waals surface area contributed by atoms with E-state index < -0.39 is 11.7 Å². The zero-order valence-electron chi connectivity index (χ0n) is 14.0. The molecule has 2 aromatic rings. The normalized spacial score (nSPS) is 18.4. The third-order valence-electron chi connectivity index (χ3n) is 4.91. The number of hydrogen-bond donors (Lipinski definition) is 1. The lowest BCUT2D eigenvalue weighted by Gasteiger charge is -2.41. The average molecular weight is 327 g/mol. The first kappa shape index (κ1) is 16.5. The van der Waals surface area contributed by atoms with Gasteiger partial charge >= 0.3 is 0 Å². The van der Waals surface area contributed by atoms with E-state index in [9.17, 15) is 9.18 Å². The molecule has 1 N–H and O–H groups in total. The quantitative estimate of drug-likeness (QED) is 0.888. The first-order valence-corrected chi connectivity index (χ1v) is 8.42. The van der Waals surface area contributed by atoms with Gasteiger partial charge in [0.2, 0.25) is 0 Å². The van der Waals surface area contributed by atoms with E-state index in [1.807, 2.05) is 24.3 Å². The summed E-state index contributed by atoms with van der Waals surface area (Å²) in [4.78, 5) is 12.5. The highest BCUT2D eigenvalue weighted by atomic mass is 19.1. The second-order valence-corrected chi connectivity index (χ2v) is 6.24. The fourth-order valence-electron chi connectivity index (χ4n) is 3.31. The van der Waals surface area contributed by atoms with Gasteiger partial charge in [-0.25, -0.2) is 4.39 Å². The zero-order valence-corrected chi connectivity index (χ0v) is 14.0. The number of para-hydroxylation sites is 1. The van der Waals surface area contributed by atoms with Crippen LogP contribution in [0, 0.1) is 5.82 Å². The van der Waals surface area contributed by atoms with Crippen molar-refractivity contribution in [3.63, 3.8) is 0 Å². The molecule has 4 heteroatoms. The summed E-state index contributed by atoms with van der Waals surface area (Å²) in [5.41, 5.74) is 0.710. The standard InChI is InChI=1S/C20H22FNO2/c1-3-20(4-2)13-17(15-10-6-8-12-18(15)24-20)22-19(23)14-9-5-7-11-16(14)21/h5-12,17H,3-4,13H2,1-2H3,(H,22,23)/t17-/m0/s1. The molecule has 0 radical (unpaired) electrons. The maximum absolute atomic E-state index is 13.9. The number of rotatable bonds is 4. The van der Waals surface area contributed by atoms with E-state index in [0.717, 1.165) is 24.2 Å². The van der Waals surface area contributed by atoms with Crippen LogP contribution in [0.2, 0.25) is 0 Å². The van der Waals surface area contributed by atoms with Crippen molar-refractivity contribution in [2.45, 2.75) is 44.8 Å². The van der Waals surface area contributed by atoms with Crippen LogP contribution in [-0.4, -0.2) is 11.5 Å². The Morgan fingerprint density at radius 2 is 1.83 bits per heavy atom. The van der Waals surface area contributed by atoms with Crippen LogP contribution in [-0.2, 0) is 0 Å². The fourth-order valence-corrected chi connectivity index (χ4v) is 3.31. The summed E-state index contributed by atoms with van der Waals surface area (Å²) in [5.74, 6) is -0.102. The van der Waals surface area contributed by atoms with E-state index >= 15 is 0 Å². The van der Waals surface area contributed by atoms with Gasteiger partial charge in [0.1, 0.15) is 17.2 Å². The Morgan fingerprint density at radius 3 is 2.54 bits per heavy atom. The van der Waals surface area contributed by atoms with Crippen LogP contribution in [0.4, 0.5) is 4.39 Å². The maximum atomic E-state index is 13.9. The van der Waals surface area contributed by atoms with E-state index in [4.69, 9.17) is 4.74 Å². The van der Waals surface area contributed by atoms with Crippen LogP contribution in [0.3, 0.4) is 0 Å². The molecule has 1 amide bonds. The summed E-state index contributed by atoms with van der Waals surface area (Å²) in [6, 6.07) is 13.6. The molecule has 1 aliphatic heterocycles. The summed E-state index contributed by atoms with van der Waals surface area (Å²) in [5, 5.41) is 3.00. The van der Waals surface area contributed by atoms with Crippen LogP contribution in [0.1, 0.15) is 55.1 Å². The number of halogens is 1. The Labute approximate surface area is 141 Å². The molecule has 0 spiro atoms. The summed E-state index contributed by atoms with van der Waals surface area (Å²) >= 11 is 0. The number of amides is 1. The summed E-state index contributed by atoms with van der Waals surface area (Å²) in [7, 11) is 0. The van der Waals surface area contributed by atoms with Gasteiger partial charge in [0.15, 0.2) is 0 Å². The number of nitrogens with one attached hydrogen (secondary N) is 1. The molecule has 0 saturated carbocycles. The molecule has 3 nitrogen and oxygen atoms in total. The van der Waals surface area contributed by atoms with E-state index in [1.54, 1.807) is 12.1 Å². The SMILES string of the molecule is CCC1(CC)C[C@H](NC(=O)c2ccccc2F)c2ccccc2O1. The number of fused-ring (bicyclic) bond motifs is 1. The van der Waals surface area contributed by atoms with Crippen molar-refractivity contribution in [1.82, 2.24) is 5.32 Å². The summed E-state index contributed by atoms with van der Waals surface area (Å²) < 4.78 is 20.1. The molecule has 126 valence electrons. The monoisotopic (exact) mass is 327 g/mol. The molecular formula is C20H22FNO2. The van der Waals surface area contributed by atoms with Crippen molar-refractivity contribution >= 4 is 5.91 Å². The molecule has 2 aromatic carbocycles. The summed E-state index contributed by atoms with van der Waals surface area (Å²) in [6.07, 6.45) is 2.38. The Kier molecular flexibility index (Phi) is 4.56. The minimum atomic E-state index is -0.507. The van der Waals surface area contributed by atoms with Gasteiger partial charge in [-0.15, -0.1) is 0 Å². The van der Waals surface area contributed by atoms with E-state index in [-0.39, 0.29) is 17.2 Å². The first-order chi connectivity index (χ1) is 11.6. The Bertz CT molecular complexity index is 740. The molecule has 1 aliphatic rings. The van der Waals surface area contributed by atoms with Crippen LogP contribution < -0.4 is 10.1 Å². The van der Waals surface area contributed by atoms with E-state index in [1.165, 1.54) is 12.1 Å². The van der Waals surface area contributed by atoms with Crippen LogP contribution in [0.15, 0.2) is 48.5 Å². The molecule has 0 aliphatic carbocycles. The van der Waals surface area contributed by atoms with Gasteiger partial charge in [0.25, 0.3) is 5.91 Å². The second kappa shape index (κ2) is 6.63. The Balaban J connectivity index is 1.91. The third kappa shape index (κ3) is 3.01. The Hall–Kier alpha value is -2.36. The van der Waals surface area contributed by atoms with Gasteiger partial charge in [-0.1, -0.05) is 44.2 Å². The van der Waals surface area contributed by atoms with Crippen LogP contribution in [0.5, 0.6) is 5.75 Å². The van der Waals surface area contributed by atoms with Gasteiger partial charge < -0.3 is 10.1 Å². The molecule has 1 atom stereocenters. The molecule has 0 unspecified atom stereocenters. The van der Waals surface area contributed by atoms with Crippen molar-refractivity contribution < 1.29 is 13.9 Å². The highest BCUT2D eigenvalue weighted by molar-refractivity contribution is 5.94. The topological polar surface area (TPSA) is 38.3 Å². The van der Waals surface area contributed by atoms with Gasteiger partial charge in [0.05, 0.1) is 11.6 Å². The lowest BCUT2D eigenvalue weighted by molar-refractivity contribution is 0.0227. The fraction of sp³-hybridized carbons (Fsp3) is 0.350. The van der Waals surface area contributed by atoms with Crippen molar-refractivity contribution in [3.8, 4) is 5.75 Å². The highest BCUT2D eigenvalue weighted by Gasteiger charge is 2.39. The van der Waals surface area contributed by atoms with Crippen LogP contribution >= 0.6 is 0 Å². The lowest BCUT2D eigenvalue weighted by Crippen LogP contribution is -2.44. The van der Waals surface area contributed by atoms with Crippen molar-refractivity contribution in [2.75, 3.05) is 0 Å². The molecule has 0 saturated heterocycles. The average Bonchev–Trinajstić information content (AvgIpc) is 2.61. The third-order valence-corrected chi connectivity index (χ3v) is 4.91. The second-order valence-electron chi connectivity index (χ2n) is 6.24. The van der Waals surface area contributed by atoms with Crippen LogP contribution in [0.25, 0.3) is 0 Å². The summed E-state index contributed by atoms with van der Waals surface area (Å²) in [6.45, 7) is 4.18. The molecule has 0 bridgehead atoms. The van der Waals surface area contributed by atoms with Gasteiger partial charge in [-0.05, 0) is 31.0 Å². The lowest BCUT2D eigenvalue weighted by atomic mass is 9.83. The maximum Gasteiger partial charge on any atom is 0.254 e. The van der Waals surface area contributed by atoms with E-state index in [0.29, 0.717) is 6.42 Å². The first-order valence-electron chi connectivity index (χ1n) is 8.42. The van der Waals surface area contributed by atoms with Gasteiger partial charge in [-0.3, -0.25) is 4.79 Å². The smallest absolute Gasteiger partial charge is 0.254 e. The number of carbonyl (C=O) groups excluding carboxylic acids is 1. The predicted molar refractivity (Wildman–Crippen MR) is 91.6 cm³/mol. The molecule has 24 heavy (non-hydrogen) atoms. The number of carbonyl (C=O) groups is 1. The molecule has 0 fully saturated rings. The molecular weight excluding hydrogens is 305 g/mol. The van der Waals surface area contributed by atoms with Gasteiger partial charge in [0, 0.05) is 12.0 Å². The predicted octanol–water partition coefficient (Wildman–Crippen LogP) is 4.64. The Morgan fingerprint density at radius 1 is 1.17 bits per heavy atom. The zero-order chi connectivity index (χ0) is 17.2. The van der Waals surface area contributed by atoms with Crippen molar-refractivity contribution in [2.24, 2.45) is 0 Å². The van der Waals surface area contributed by atoms with Gasteiger partial charge in [-0.2, -0.15) is 0 Å². The largest absolute Gasteiger partial charge is 0.487 e. The molecule has 1 heterocycles. The molecule has 0 aromatic heterocycles. The van der Waals surface area contributed by atoms with Crippen molar-refractivity contribution in [3.05, 3.63) is 65.5 Å². The number of benzene rings is 2. The highest BCUT2D eigenvalue weighted by Crippen LogP contribution is 2.42. The number of ether oxygens (including phenoxy) is 1. The molecule has 3 rings (SSSR count). The minimum absolute atomic E-state index is 0.0695. The minimum Gasteiger partial charge on any atom is -0.487 e. The van der Waals surface area contributed by atoms with E-state index in [2.05, 4.69) is 19.2 Å².